The van der Waals surface area contributed by atoms with Gasteiger partial charge < -0.3 is 13.9 Å². The molecule has 5 nitrogen and oxygen atoms in total. The normalized spacial score (nSPS) is 12.9. The Morgan fingerprint density at radius 3 is 2.59 bits per heavy atom. The van der Waals surface area contributed by atoms with Crippen LogP contribution in [0.5, 0.6) is 5.75 Å². The van der Waals surface area contributed by atoms with Crippen molar-refractivity contribution in [1.29, 1.82) is 0 Å². The Morgan fingerprint density at radius 1 is 1.14 bits per heavy atom. The van der Waals surface area contributed by atoms with Gasteiger partial charge in [0.15, 0.2) is 0 Å². The Bertz CT molecular complexity index is 1060. The molecule has 0 saturated carbocycles. The molecule has 0 bridgehead atoms. The van der Waals surface area contributed by atoms with E-state index in [9.17, 15) is 22.8 Å². The number of fused-ring (bicyclic) bond motifs is 3. The average Bonchev–Trinajstić information content (AvgIpc) is 2.99. The van der Waals surface area contributed by atoms with Crippen molar-refractivity contribution in [2.75, 3.05) is 6.61 Å². The lowest BCUT2D eigenvalue weighted by atomic mass is 10.1. The number of Topliss-reactive ketones (excluding diaryl/α,β-unsaturated/α-hetero) is 1. The number of carbonyl (C=O) groups is 2. The van der Waals surface area contributed by atoms with Crippen LogP contribution in [0.25, 0.3) is 16.4 Å². The third-order valence-corrected chi connectivity index (χ3v) is 4.38. The third-order valence-electron chi connectivity index (χ3n) is 4.38. The lowest BCUT2D eigenvalue weighted by molar-refractivity contribution is -0.172. The zero-order valence-corrected chi connectivity index (χ0v) is 16.0. The molecule has 0 amide bonds. The fourth-order valence-electron chi connectivity index (χ4n) is 3.12. The monoisotopic (exact) mass is 407 g/mol. The number of esters is 1. The van der Waals surface area contributed by atoms with Gasteiger partial charge in [0.1, 0.15) is 11.9 Å². The Hall–Kier alpha value is -3.03. The van der Waals surface area contributed by atoms with Crippen LogP contribution in [0.2, 0.25) is 0 Å². The van der Waals surface area contributed by atoms with E-state index in [1.807, 2.05) is 6.92 Å². The second-order valence-corrected chi connectivity index (χ2v) is 6.70. The van der Waals surface area contributed by atoms with Crippen molar-refractivity contribution in [3.05, 3.63) is 48.2 Å². The maximum absolute atomic E-state index is 12.6. The van der Waals surface area contributed by atoms with E-state index in [2.05, 4.69) is 0 Å². The molecule has 2 aromatic heterocycles. The molecule has 0 aliphatic rings. The first-order valence-corrected chi connectivity index (χ1v) is 9.19. The molecule has 29 heavy (non-hydrogen) atoms. The summed E-state index contributed by atoms with van der Waals surface area (Å²) in [6.45, 7) is 3.60. The number of nitrogens with zero attached hydrogens (tertiary/aromatic N) is 1. The van der Waals surface area contributed by atoms with Crippen LogP contribution in [0.3, 0.4) is 0 Å². The molecule has 3 aromatic rings. The first-order valence-electron chi connectivity index (χ1n) is 9.19. The minimum Gasteiger partial charge on any atom is -0.490 e. The van der Waals surface area contributed by atoms with E-state index in [1.165, 1.54) is 6.92 Å². The van der Waals surface area contributed by atoms with Crippen molar-refractivity contribution in [2.24, 2.45) is 0 Å². The Morgan fingerprint density at radius 2 is 1.90 bits per heavy atom. The second kappa shape index (κ2) is 8.14. The number of hydrogen-bond acceptors (Lipinski definition) is 4. The SMILES string of the molecule is CCCOC(=O)c1c2ccc(OC(C)CC(=O)C(F)(F)F)cc2n2ccccc12. The molecule has 0 fully saturated rings. The maximum Gasteiger partial charge on any atom is 0.450 e. The molecule has 1 unspecified atom stereocenters. The molecule has 0 saturated heterocycles. The van der Waals surface area contributed by atoms with E-state index >= 15 is 0 Å². The highest BCUT2D eigenvalue weighted by Crippen LogP contribution is 2.31. The van der Waals surface area contributed by atoms with Crippen LogP contribution in [0.1, 0.15) is 37.0 Å². The van der Waals surface area contributed by atoms with Crippen molar-refractivity contribution in [3.63, 3.8) is 0 Å². The summed E-state index contributed by atoms with van der Waals surface area (Å²) in [5.41, 5.74) is 1.72. The van der Waals surface area contributed by atoms with Gasteiger partial charge in [0.25, 0.3) is 0 Å². The topological polar surface area (TPSA) is 57.0 Å². The lowest BCUT2D eigenvalue weighted by Gasteiger charge is -2.15. The maximum atomic E-state index is 12.6. The largest absolute Gasteiger partial charge is 0.490 e. The van der Waals surface area contributed by atoms with Gasteiger partial charge in [0.05, 0.1) is 29.6 Å². The van der Waals surface area contributed by atoms with E-state index in [4.69, 9.17) is 9.47 Å². The minimum absolute atomic E-state index is 0.302. The van der Waals surface area contributed by atoms with Crippen LogP contribution in [0, 0.1) is 0 Å². The van der Waals surface area contributed by atoms with E-state index in [0.29, 0.717) is 40.8 Å². The van der Waals surface area contributed by atoms with Gasteiger partial charge in [-0.3, -0.25) is 4.79 Å². The van der Waals surface area contributed by atoms with Crippen molar-refractivity contribution >= 4 is 28.2 Å². The summed E-state index contributed by atoms with van der Waals surface area (Å²) in [6.07, 6.45) is -4.14. The molecule has 154 valence electrons. The number of alkyl halides is 3. The summed E-state index contributed by atoms with van der Waals surface area (Å²) in [5.74, 6) is -1.97. The Labute approximate surface area is 165 Å². The highest BCUT2D eigenvalue weighted by atomic mass is 19.4. The van der Waals surface area contributed by atoms with Crippen LogP contribution >= 0.6 is 0 Å². The van der Waals surface area contributed by atoms with E-state index in [-0.39, 0.29) is 0 Å². The Kier molecular flexibility index (Phi) is 5.81. The number of ketones is 1. The average molecular weight is 407 g/mol. The molecule has 0 aliphatic carbocycles. The molecular formula is C21H20F3NO4. The summed E-state index contributed by atoms with van der Waals surface area (Å²) in [4.78, 5) is 23.7. The number of halogens is 3. The van der Waals surface area contributed by atoms with Gasteiger partial charge in [0.2, 0.25) is 5.78 Å². The van der Waals surface area contributed by atoms with Gasteiger partial charge in [0, 0.05) is 17.6 Å². The minimum atomic E-state index is -4.88. The molecular weight excluding hydrogens is 387 g/mol. The number of benzene rings is 1. The molecule has 1 aromatic carbocycles. The zero-order chi connectivity index (χ0) is 21.2. The van der Waals surface area contributed by atoms with Crippen molar-refractivity contribution in [3.8, 4) is 5.75 Å². The number of ether oxygens (including phenoxy) is 2. The number of hydrogen-bond donors (Lipinski definition) is 0. The van der Waals surface area contributed by atoms with E-state index in [1.54, 1.807) is 47.0 Å². The summed E-state index contributed by atoms with van der Waals surface area (Å²) in [5, 5.41) is 0.642. The van der Waals surface area contributed by atoms with Crippen LogP contribution in [-0.2, 0) is 9.53 Å². The lowest BCUT2D eigenvalue weighted by Crippen LogP contribution is -2.28. The highest BCUT2D eigenvalue weighted by molar-refractivity contribution is 6.11. The standard InChI is InChI=1S/C21H20F3NO4/c1-3-10-28-20(27)19-15-8-7-14(29-13(2)11-18(26)21(22,23)24)12-17(15)25-9-5-4-6-16(19)25/h4-9,12-13H,3,10-11H2,1-2H3. The van der Waals surface area contributed by atoms with Gasteiger partial charge in [-0.2, -0.15) is 13.2 Å². The fraction of sp³-hybridized carbons (Fsp3) is 0.333. The zero-order valence-electron chi connectivity index (χ0n) is 16.0. The van der Waals surface area contributed by atoms with E-state index < -0.39 is 30.5 Å². The molecule has 0 aliphatic heterocycles. The van der Waals surface area contributed by atoms with Gasteiger partial charge in [-0.25, -0.2) is 4.79 Å². The molecule has 0 N–H and O–H groups in total. The van der Waals surface area contributed by atoms with Gasteiger partial charge >= 0.3 is 12.1 Å². The van der Waals surface area contributed by atoms with Crippen LogP contribution in [-0.4, -0.2) is 35.0 Å². The molecule has 0 spiro atoms. The fourth-order valence-corrected chi connectivity index (χ4v) is 3.12. The number of carbonyl (C=O) groups excluding carboxylic acids is 2. The van der Waals surface area contributed by atoms with Crippen molar-refractivity contribution < 1.29 is 32.2 Å². The van der Waals surface area contributed by atoms with Crippen LogP contribution < -0.4 is 4.74 Å². The highest BCUT2D eigenvalue weighted by Gasteiger charge is 2.39. The van der Waals surface area contributed by atoms with Gasteiger partial charge in [-0.15, -0.1) is 0 Å². The van der Waals surface area contributed by atoms with E-state index in [0.717, 1.165) is 0 Å². The first-order chi connectivity index (χ1) is 13.7. The van der Waals surface area contributed by atoms with Crippen LogP contribution in [0.4, 0.5) is 13.2 Å². The quantitative estimate of drug-likeness (QED) is 0.520. The van der Waals surface area contributed by atoms with Crippen molar-refractivity contribution in [2.45, 2.75) is 39.0 Å². The van der Waals surface area contributed by atoms with Gasteiger partial charge in [-0.1, -0.05) is 13.0 Å². The summed E-state index contributed by atoms with van der Waals surface area (Å²) >= 11 is 0. The molecule has 1 atom stereocenters. The smallest absolute Gasteiger partial charge is 0.450 e. The van der Waals surface area contributed by atoms with Gasteiger partial charge in [-0.05, 0) is 37.6 Å². The summed E-state index contributed by atoms with van der Waals surface area (Å²) < 4.78 is 49.9. The van der Waals surface area contributed by atoms with Crippen molar-refractivity contribution in [1.82, 2.24) is 4.40 Å². The second-order valence-electron chi connectivity index (χ2n) is 6.70. The molecule has 0 radical (unpaired) electrons. The molecule has 2 heterocycles. The number of pyridine rings is 1. The predicted molar refractivity (Wildman–Crippen MR) is 101 cm³/mol. The number of aromatic nitrogens is 1. The third kappa shape index (κ3) is 4.36. The summed E-state index contributed by atoms with van der Waals surface area (Å²) in [6, 6.07) is 10.2. The molecule has 3 rings (SSSR count). The summed E-state index contributed by atoms with van der Waals surface area (Å²) in [7, 11) is 0. The predicted octanol–water partition coefficient (Wildman–Crippen LogP) is 4.95. The molecule has 8 heteroatoms. The Balaban J connectivity index is 1.95. The first kappa shape index (κ1) is 20.7. The van der Waals surface area contributed by atoms with Crippen LogP contribution in [0.15, 0.2) is 42.6 Å². The number of rotatable bonds is 7.